The number of amides is 1. The molecule has 0 saturated carbocycles. The van der Waals surface area contributed by atoms with E-state index in [1.165, 1.54) is 30.5 Å². The number of benzene rings is 1. The van der Waals surface area contributed by atoms with Crippen molar-refractivity contribution in [3.8, 4) is 5.75 Å². The molecule has 4 N–H and O–H groups in total. The van der Waals surface area contributed by atoms with Crippen molar-refractivity contribution in [3.05, 3.63) is 47.9 Å². The van der Waals surface area contributed by atoms with Crippen LogP contribution in [0.25, 0.3) is 0 Å². The molecular formula is C12H10FN3O2. The van der Waals surface area contributed by atoms with E-state index in [4.69, 9.17) is 5.73 Å². The number of aromatic nitrogens is 1. The molecule has 0 atom stereocenters. The molecule has 1 aromatic heterocycles. The largest absolute Gasteiger partial charge is 0.504 e. The molecule has 0 aliphatic rings. The van der Waals surface area contributed by atoms with Gasteiger partial charge >= 0.3 is 0 Å². The predicted molar refractivity (Wildman–Crippen MR) is 64.7 cm³/mol. The number of nitrogen functional groups attached to an aromatic ring is 1. The Balaban J connectivity index is 2.25. The van der Waals surface area contributed by atoms with Crippen LogP contribution in [0.1, 0.15) is 10.4 Å². The highest BCUT2D eigenvalue weighted by molar-refractivity contribution is 6.04. The second-order valence-electron chi connectivity index (χ2n) is 3.56. The first-order valence-corrected chi connectivity index (χ1v) is 5.08. The lowest BCUT2D eigenvalue weighted by Gasteiger charge is -2.07. The van der Waals surface area contributed by atoms with Gasteiger partial charge in [-0.1, -0.05) is 0 Å². The summed E-state index contributed by atoms with van der Waals surface area (Å²) in [6.07, 6.45) is 1.40. The molecule has 18 heavy (non-hydrogen) atoms. The average molecular weight is 247 g/mol. The van der Waals surface area contributed by atoms with Crippen LogP contribution < -0.4 is 11.1 Å². The highest BCUT2D eigenvalue weighted by atomic mass is 19.1. The lowest BCUT2D eigenvalue weighted by atomic mass is 10.2. The molecule has 0 bridgehead atoms. The number of hydrogen-bond donors (Lipinski definition) is 3. The van der Waals surface area contributed by atoms with Crippen molar-refractivity contribution in [2.24, 2.45) is 0 Å². The number of hydrogen-bond acceptors (Lipinski definition) is 4. The lowest BCUT2D eigenvalue weighted by molar-refractivity contribution is 0.102. The fourth-order valence-corrected chi connectivity index (χ4v) is 1.38. The van der Waals surface area contributed by atoms with E-state index in [-0.39, 0.29) is 22.8 Å². The van der Waals surface area contributed by atoms with Crippen LogP contribution in [0.5, 0.6) is 5.75 Å². The zero-order valence-electron chi connectivity index (χ0n) is 9.22. The SMILES string of the molecule is Nc1ccc(C(=O)Nc2ncccc2O)c(F)c1. The van der Waals surface area contributed by atoms with Gasteiger partial charge in [0.25, 0.3) is 5.91 Å². The molecule has 0 aliphatic heterocycles. The molecule has 92 valence electrons. The molecule has 6 heteroatoms. The minimum atomic E-state index is -0.733. The second-order valence-corrected chi connectivity index (χ2v) is 3.56. The lowest BCUT2D eigenvalue weighted by Crippen LogP contribution is -2.14. The van der Waals surface area contributed by atoms with Gasteiger partial charge in [0, 0.05) is 11.9 Å². The van der Waals surface area contributed by atoms with E-state index in [1.54, 1.807) is 0 Å². The Morgan fingerprint density at radius 3 is 2.83 bits per heavy atom. The van der Waals surface area contributed by atoms with Gasteiger partial charge < -0.3 is 16.2 Å². The summed E-state index contributed by atoms with van der Waals surface area (Å²) in [7, 11) is 0. The van der Waals surface area contributed by atoms with Crippen molar-refractivity contribution in [1.29, 1.82) is 0 Å². The normalized spacial score (nSPS) is 10.1. The Bertz CT molecular complexity index is 602. The summed E-state index contributed by atoms with van der Waals surface area (Å²) in [6, 6.07) is 6.60. The van der Waals surface area contributed by atoms with Gasteiger partial charge in [-0.25, -0.2) is 9.37 Å². The van der Waals surface area contributed by atoms with E-state index in [0.29, 0.717) is 0 Å². The van der Waals surface area contributed by atoms with Gasteiger partial charge in [-0.2, -0.15) is 0 Å². The van der Waals surface area contributed by atoms with E-state index in [1.807, 2.05) is 0 Å². The molecule has 0 fully saturated rings. The summed E-state index contributed by atoms with van der Waals surface area (Å²) in [5.74, 6) is -1.66. The molecule has 0 saturated heterocycles. The average Bonchev–Trinajstić information content (AvgIpc) is 2.32. The maximum absolute atomic E-state index is 13.5. The number of aromatic hydroxyl groups is 1. The minimum Gasteiger partial charge on any atom is -0.504 e. The summed E-state index contributed by atoms with van der Waals surface area (Å²) in [5, 5.41) is 11.7. The number of pyridine rings is 1. The Labute approximate surface area is 102 Å². The number of anilines is 2. The van der Waals surface area contributed by atoms with E-state index >= 15 is 0 Å². The molecule has 1 heterocycles. The third kappa shape index (κ3) is 2.37. The van der Waals surface area contributed by atoms with Crippen LogP contribution in [0.15, 0.2) is 36.5 Å². The van der Waals surface area contributed by atoms with Gasteiger partial charge in [-0.15, -0.1) is 0 Å². The highest BCUT2D eigenvalue weighted by Gasteiger charge is 2.14. The molecule has 0 radical (unpaired) electrons. The van der Waals surface area contributed by atoms with Crippen molar-refractivity contribution < 1.29 is 14.3 Å². The van der Waals surface area contributed by atoms with Crippen LogP contribution in [0, 0.1) is 5.82 Å². The van der Waals surface area contributed by atoms with Crippen LogP contribution in [0.2, 0.25) is 0 Å². The summed E-state index contributed by atoms with van der Waals surface area (Å²) in [6.45, 7) is 0. The maximum Gasteiger partial charge on any atom is 0.259 e. The zero-order valence-corrected chi connectivity index (χ0v) is 9.22. The summed E-state index contributed by atoms with van der Waals surface area (Å²) < 4.78 is 13.5. The molecule has 5 nitrogen and oxygen atoms in total. The second kappa shape index (κ2) is 4.70. The first-order chi connectivity index (χ1) is 8.58. The Kier molecular flexibility index (Phi) is 3.09. The fraction of sp³-hybridized carbons (Fsp3) is 0. The van der Waals surface area contributed by atoms with E-state index < -0.39 is 11.7 Å². The fourth-order valence-electron chi connectivity index (χ4n) is 1.38. The van der Waals surface area contributed by atoms with Crippen molar-refractivity contribution in [3.63, 3.8) is 0 Å². The third-order valence-electron chi connectivity index (χ3n) is 2.26. The predicted octanol–water partition coefficient (Wildman–Crippen LogP) is 1.76. The molecule has 1 amide bonds. The molecular weight excluding hydrogens is 237 g/mol. The van der Waals surface area contributed by atoms with Gasteiger partial charge in [0.15, 0.2) is 11.6 Å². The number of nitrogens with two attached hydrogens (primary N) is 1. The summed E-state index contributed by atoms with van der Waals surface area (Å²) in [4.78, 5) is 15.5. The molecule has 2 rings (SSSR count). The van der Waals surface area contributed by atoms with Crippen molar-refractivity contribution in [2.75, 3.05) is 11.1 Å². The van der Waals surface area contributed by atoms with Gasteiger partial charge in [0.05, 0.1) is 5.56 Å². The number of nitrogens with zero attached hydrogens (tertiary/aromatic N) is 1. The Hall–Kier alpha value is -2.63. The van der Waals surface area contributed by atoms with E-state index in [9.17, 15) is 14.3 Å². The van der Waals surface area contributed by atoms with Crippen LogP contribution in [-0.2, 0) is 0 Å². The number of rotatable bonds is 2. The molecule has 0 aliphatic carbocycles. The Morgan fingerprint density at radius 2 is 2.17 bits per heavy atom. The van der Waals surface area contributed by atoms with Gasteiger partial charge in [0.1, 0.15) is 5.82 Å². The zero-order chi connectivity index (χ0) is 13.1. The van der Waals surface area contributed by atoms with Crippen LogP contribution in [-0.4, -0.2) is 16.0 Å². The Morgan fingerprint density at radius 1 is 1.39 bits per heavy atom. The molecule has 0 unspecified atom stereocenters. The van der Waals surface area contributed by atoms with E-state index in [0.717, 1.165) is 6.07 Å². The van der Waals surface area contributed by atoms with Gasteiger partial charge in [-0.3, -0.25) is 4.79 Å². The van der Waals surface area contributed by atoms with E-state index in [2.05, 4.69) is 10.3 Å². The van der Waals surface area contributed by atoms with Gasteiger partial charge in [-0.05, 0) is 30.3 Å². The standard InChI is InChI=1S/C12H10FN3O2/c13-9-6-7(14)3-4-8(9)12(18)16-11-10(17)2-1-5-15-11/h1-6,17H,14H2,(H,15,16,18). The molecule has 0 spiro atoms. The van der Waals surface area contributed by atoms with Crippen LogP contribution >= 0.6 is 0 Å². The smallest absolute Gasteiger partial charge is 0.259 e. The topological polar surface area (TPSA) is 88.2 Å². The minimum absolute atomic E-state index is 0.0290. The summed E-state index contributed by atoms with van der Waals surface area (Å²) >= 11 is 0. The maximum atomic E-state index is 13.5. The number of carbonyl (C=O) groups is 1. The monoisotopic (exact) mass is 247 g/mol. The van der Waals surface area contributed by atoms with Crippen LogP contribution in [0.4, 0.5) is 15.9 Å². The molecule has 1 aromatic carbocycles. The van der Waals surface area contributed by atoms with Crippen LogP contribution in [0.3, 0.4) is 0 Å². The highest BCUT2D eigenvalue weighted by Crippen LogP contribution is 2.20. The quantitative estimate of drug-likeness (QED) is 0.705. The number of nitrogens with one attached hydrogen (secondary N) is 1. The van der Waals surface area contributed by atoms with Crippen molar-refractivity contribution >= 4 is 17.4 Å². The third-order valence-corrected chi connectivity index (χ3v) is 2.26. The number of halogens is 1. The van der Waals surface area contributed by atoms with Crippen molar-refractivity contribution in [1.82, 2.24) is 4.98 Å². The molecule has 2 aromatic rings. The van der Waals surface area contributed by atoms with Crippen molar-refractivity contribution in [2.45, 2.75) is 0 Å². The number of carbonyl (C=O) groups excluding carboxylic acids is 1. The summed E-state index contributed by atoms with van der Waals surface area (Å²) in [5.41, 5.74) is 5.43. The first kappa shape index (κ1) is 11.8. The van der Waals surface area contributed by atoms with Gasteiger partial charge in [0.2, 0.25) is 0 Å². The first-order valence-electron chi connectivity index (χ1n) is 5.08.